The molecular formula is C46H33N3O. The Kier molecular flexibility index (Phi) is 6.63. The Bertz CT molecular complexity index is 2800. The van der Waals surface area contributed by atoms with E-state index >= 15 is 0 Å². The van der Waals surface area contributed by atoms with Crippen LogP contribution in [0.15, 0.2) is 148 Å². The number of rotatable bonds is 3. The van der Waals surface area contributed by atoms with Gasteiger partial charge in [-0.25, -0.2) is 9.98 Å². The van der Waals surface area contributed by atoms with Crippen LogP contribution in [0.1, 0.15) is 54.0 Å². The molecule has 50 heavy (non-hydrogen) atoms. The lowest BCUT2D eigenvalue weighted by Gasteiger charge is -2.18. The number of furan rings is 1. The third kappa shape index (κ3) is 4.56. The van der Waals surface area contributed by atoms with Gasteiger partial charge < -0.3 is 4.42 Å². The highest BCUT2D eigenvalue weighted by Crippen LogP contribution is 2.39. The van der Waals surface area contributed by atoms with Crippen molar-refractivity contribution in [2.24, 2.45) is 9.98 Å². The summed E-state index contributed by atoms with van der Waals surface area (Å²) in [6.07, 6.45) is 10.00. The molecule has 4 nitrogen and oxygen atoms in total. The molecule has 10 rings (SSSR count). The minimum Gasteiger partial charge on any atom is -0.456 e. The van der Waals surface area contributed by atoms with E-state index in [9.17, 15) is 0 Å². The van der Waals surface area contributed by atoms with Gasteiger partial charge in [-0.1, -0.05) is 103 Å². The Hall–Kier alpha value is -6.13. The average molecular weight is 644 g/mol. The predicted octanol–water partition coefficient (Wildman–Crippen LogP) is 11.9. The van der Waals surface area contributed by atoms with Gasteiger partial charge in [0.05, 0.1) is 16.9 Å². The first-order chi connectivity index (χ1) is 24.7. The number of nitrogens with zero attached hydrogens (tertiary/aromatic N) is 3. The fraction of sp³-hybridized carbons (Fsp3) is 0.109. The Morgan fingerprint density at radius 2 is 1.50 bits per heavy atom. The minimum atomic E-state index is 0.705. The van der Waals surface area contributed by atoms with E-state index in [1.54, 1.807) is 0 Å². The van der Waals surface area contributed by atoms with Crippen LogP contribution in [0.2, 0.25) is 0 Å². The lowest BCUT2D eigenvalue weighted by Crippen LogP contribution is -2.11. The number of amidine groups is 1. The third-order valence-electron chi connectivity index (χ3n) is 10.5. The molecule has 0 spiro atoms. The van der Waals surface area contributed by atoms with Gasteiger partial charge in [-0.05, 0) is 84.2 Å². The second-order valence-electron chi connectivity index (χ2n) is 13.4. The average Bonchev–Trinajstić information content (AvgIpc) is 3.56. The predicted molar refractivity (Wildman–Crippen MR) is 209 cm³/mol. The number of allylic oxidation sites excluding steroid dienone is 2. The van der Waals surface area contributed by atoms with Gasteiger partial charge in [0, 0.05) is 50.0 Å². The normalized spacial score (nSPS) is 16.5. The van der Waals surface area contributed by atoms with E-state index in [1.165, 1.54) is 22.1 Å². The van der Waals surface area contributed by atoms with Crippen LogP contribution >= 0.6 is 0 Å². The molecule has 2 aliphatic rings. The first kappa shape index (κ1) is 28.8. The molecule has 0 saturated carbocycles. The van der Waals surface area contributed by atoms with Crippen molar-refractivity contribution < 1.29 is 4.42 Å². The van der Waals surface area contributed by atoms with Gasteiger partial charge >= 0.3 is 0 Å². The van der Waals surface area contributed by atoms with Gasteiger partial charge in [-0.3, -0.25) is 4.98 Å². The summed E-state index contributed by atoms with van der Waals surface area (Å²) in [6.45, 7) is 2.22. The number of fused-ring (bicyclic) bond motifs is 10. The summed E-state index contributed by atoms with van der Waals surface area (Å²) >= 11 is 0. The fourth-order valence-electron chi connectivity index (χ4n) is 8.02. The quantitative estimate of drug-likeness (QED) is 0.180. The molecule has 238 valence electrons. The zero-order chi connectivity index (χ0) is 33.2. The lowest BCUT2D eigenvalue weighted by atomic mass is 9.92. The zero-order valence-electron chi connectivity index (χ0n) is 27.8. The topological polar surface area (TPSA) is 50.8 Å². The van der Waals surface area contributed by atoms with Crippen molar-refractivity contribution in [3.63, 3.8) is 0 Å². The smallest absolute Gasteiger partial charge is 0.160 e. The lowest BCUT2D eigenvalue weighted by molar-refractivity contribution is 0.661. The molecule has 0 bridgehead atoms. The van der Waals surface area contributed by atoms with E-state index < -0.39 is 0 Å². The van der Waals surface area contributed by atoms with E-state index in [4.69, 9.17) is 19.4 Å². The number of pyridine rings is 1. The molecule has 0 fully saturated rings. The second-order valence-corrected chi connectivity index (χ2v) is 13.4. The molecule has 2 aromatic heterocycles. The Morgan fingerprint density at radius 1 is 0.640 bits per heavy atom. The van der Waals surface area contributed by atoms with Crippen molar-refractivity contribution in [1.82, 2.24) is 4.98 Å². The van der Waals surface area contributed by atoms with Crippen LogP contribution in [0.3, 0.4) is 0 Å². The molecule has 0 atom stereocenters. The van der Waals surface area contributed by atoms with E-state index in [0.29, 0.717) is 5.84 Å². The summed E-state index contributed by atoms with van der Waals surface area (Å²) in [5.74, 6) is 0.705. The summed E-state index contributed by atoms with van der Waals surface area (Å²) in [5.41, 5.74) is 11.9. The van der Waals surface area contributed by atoms with Crippen molar-refractivity contribution in [3.05, 3.63) is 161 Å². The standard InChI is InChI=1S/C46H33N3O/c1-28-20-25-39(36-18-9-19-40-41(36)37-24-21-29-11-5-8-17-34(29)45(37)50-40)48-46(49-43(28)30-12-3-2-4-13-30)38-27-32-14-6-7-16-33(32)42-35(38)23-22-31-15-10-26-47-44(31)42/h2-7,9-16,18-19,21-24,26-27H,8,17,20,25H2,1H3/b43-28+,48-39?,49-46?. The maximum absolute atomic E-state index is 6.66. The molecule has 0 N–H and O–H groups in total. The Labute approximate surface area is 289 Å². The van der Waals surface area contributed by atoms with Crippen molar-refractivity contribution in [1.29, 1.82) is 0 Å². The highest BCUT2D eigenvalue weighted by Gasteiger charge is 2.23. The summed E-state index contributed by atoms with van der Waals surface area (Å²) in [4.78, 5) is 16.0. The number of aromatic nitrogens is 1. The first-order valence-corrected chi connectivity index (χ1v) is 17.5. The molecular weight excluding hydrogens is 611 g/mol. The minimum absolute atomic E-state index is 0.705. The SMILES string of the molecule is C/C1=C(/c2ccccc2)N=C(c2cc3ccccc3c3c2ccc2cccnc23)N=C(c2cccc3oc4c5c(ccc4c23)C=CCC5)CC1. The van der Waals surface area contributed by atoms with Crippen LogP contribution in [0.5, 0.6) is 0 Å². The van der Waals surface area contributed by atoms with Crippen molar-refractivity contribution in [3.8, 4) is 0 Å². The molecule has 1 aliphatic heterocycles. The van der Waals surface area contributed by atoms with Crippen LogP contribution < -0.4 is 0 Å². The van der Waals surface area contributed by atoms with Gasteiger partial charge in [0.2, 0.25) is 0 Å². The molecule has 4 heteroatoms. The maximum Gasteiger partial charge on any atom is 0.160 e. The van der Waals surface area contributed by atoms with E-state index in [0.717, 1.165) is 103 Å². The number of benzene rings is 6. The van der Waals surface area contributed by atoms with Gasteiger partial charge in [-0.15, -0.1) is 0 Å². The van der Waals surface area contributed by atoms with Crippen LogP contribution in [-0.2, 0) is 6.42 Å². The first-order valence-electron chi connectivity index (χ1n) is 17.5. The van der Waals surface area contributed by atoms with Crippen LogP contribution in [0.4, 0.5) is 0 Å². The summed E-state index contributed by atoms with van der Waals surface area (Å²) in [6, 6.07) is 40.8. The molecule has 8 aromatic rings. The number of aliphatic imine (C=N–C) groups is 2. The van der Waals surface area contributed by atoms with E-state index in [2.05, 4.69) is 128 Å². The largest absolute Gasteiger partial charge is 0.456 e. The fourth-order valence-corrected chi connectivity index (χ4v) is 8.02. The van der Waals surface area contributed by atoms with Gasteiger partial charge in [0.25, 0.3) is 0 Å². The molecule has 0 saturated heterocycles. The van der Waals surface area contributed by atoms with E-state index in [-0.39, 0.29) is 0 Å². The van der Waals surface area contributed by atoms with Gasteiger partial charge in [0.1, 0.15) is 11.2 Å². The number of hydrogen-bond donors (Lipinski definition) is 0. The van der Waals surface area contributed by atoms with E-state index in [1.807, 2.05) is 12.3 Å². The van der Waals surface area contributed by atoms with Gasteiger partial charge in [-0.2, -0.15) is 0 Å². The van der Waals surface area contributed by atoms with Crippen LogP contribution in [-0.4, -0.2) is 16.5 Å². The number of hydrogen-bond acceptors (Lipinski definition) is 4. The molecule has 6 aromatic carbocycles. The van der Waals surface area contributed by atoms with Crippen molar-refractivity contribution >= 4 is 77.7 Å². The molecule has 3 heterocycles. The van der Waals surface area contributed by atoms with Crippen LogP contribution in [0, 0.1) is 0 Å². The van der Waals surface area contributed by atoms with Crippen LogP contribution in [0.25, 0.3) is 66.2 Å². The van der Waals surface area contributed by atoms with Gasteiger partial charge in [0.15, 0.2) is 5.84 Å². The molecule has 1 aliphatic carbocycles. The second kappa shape index (κ2) is 11.5. The molecule has 0 amide bonds. The maximum atomic E-state index is 6.66. The molecule has 0 radical (unpaired) electrons. The Morgan fingerprint density at radius 3 is 2.44 bits per heavy atom. The zero-order valence-corrected chi connectivity index (χ0v) is 27.8. The van der Waals surface area contributed by atoms with Crippen molar-refractivity contribution in [2.75, 3.05) is 0 Å². The highest BCUT2D eigenvalue weighted by molar-refractivity contribution is 6.28. The van der Waals surface area contributed by atoms with Crippen molar-refractivity contribution in [2.45, 2.75) is 32.6 Å². The highest BCUT2D eigenvalue weighted by atomic mass is 16.3. The molecule has 0 unspecified atom stereocenters. The monoisotopic (exact) mass is 643 g/mol. The summed E-state index contributed by atoms with van der Waals surface area (Å²) in [5, 5.41) is 7.92. The third-order valence-corrected chi connectivity index (χ3v) is 10.5. The number of aryl methyl sites for hydroxylation is 1. The summed E-state index contributed by atoms with van der Waals surface area (Å²) in [7, 11) is 0. The summed E-state index contributed by atoms with van der Waals surface area (Å²) < 4.78 is 6.66. The Balaban J connectivity index is 1.28.